The Morgan fingerprint density at radius 3 is 2.52 bits per heavy atom. The van der Waals surface area contributed by atoms with Crippen molar-refractivity contribution in [2.45, 2.75) is 77.0 Å². The number of hydrogen-bond donors (Lipinski definition) is 2. The van der Waals surface area contributed by atoms with Gasteiger partial charge in [0.1, 0.15) is 12.0 Å². The molecule has 0 amide bonds. The molecule has 2 aliphatic heterocycles. The second kappa shape index (κ2) is 12.2. The van der Waals surface area contributed by atoms with E-state index in [2.05, 4.69) is 15.5 Å². The molecule has 2 fully saturated rings. The van der Waals surface area contributed by atoms with E-state index in [9.17, 15) is 17.6 Å². The number of piperidine rings is 1. The Hall–Kier alpha value is -3.11. The SMILES string of the molecule is Cc1cccc(F)c1N1CCC(NC(C)c2cn(C3CCCCO3)nc2NCc2ccccc2C(F)(F)F)CC1. The van der Waals surface area contributed by atoms with Crippen LogP contribution in [0.1, 0.15) is 73.6 Å². The number of aromatic nitrogens is 2. The van der Waals surface area contributed by atoms with Crippen LogP contribution < -0.4 is 15.5 Å². The maximum absolute atomic E-state index is 14.5. The maximum Gasteiger partial charge on any atom is 0.416 e. The zero-order chi connectivity index (χ0) is 28.3. The van der Waals surface area contributed by atoms with Crippen LogP contribution in [0.5, 0.6) is 0 Å². The van der Waals surface area contributed by atoms with E-state index in [1.165, 1.54) is 18.2 Å². The van der Waals surface area contributed by atoms with E-state index >= 15 is 0 Å². The van der Waals surface area contributed by atoms with E-state index in [1.807, 2.05) is 26.1 Å². The highest BCUT2D eigenvalue weighted by molar-refractivity contribution is 5.54. The Balaban J connectivity index is 1.30. The van der Waals surface area contributed by atoms with E-state index in [0.29, 0.717) is 18.1 Å². The normalized spacial score (nSPS) is 19.6. The summed E-state index contributed by atoms with van der Waals surface area (Å²) in [4.78, 5) is 2.11. The number of hydrogen-bond acceptors (Lipinski definition) is 5. The molecule has 0 bridgehead atoms. The number of rotatable bonds is 8. The molecule has 2 unspecified atom stereocenters. The third-order valence-corrected chi connectivity index (χ3v) is 7.93. The van der Waals surface area contributed by atoms with Crippen LogP contribution in [0.2, 0.25) is 0 Å². The minimum absolute atomic E-state index is 0.00167. The van der Waals surface area contributed by atoms with Crippen LogP contribution in [0.25, 0.3) is 0 Å². The summed E-state index contributed by atoms with van der Waals surface area (Å²) in [6.45, 7) is 6.11. The predicted molar refractivity (Wildman–Crippen MR) is 148 cm³/mol. The molecule has 6 nitrogen and oxygen atoms in total. The zero-order valence-electron chi connectivity index (χ0n) is 23.0. The smallest absolute Gasteiger partial charge is 0.369 e. The number of ether oxygens (including phenoxy) is 1. The number of anilines is 2. The minimum Gasteiger partial charge on any atom is -0.369 e. The molecule has 2 atom stereocenters. The fourth-order valence-electron chi connectivity index (χ4n) is 5.81. The van der Waals surface area contributed by atoms with E-state index < -0.39 is 11.7 Å². The van der Waals surface area contributed by atoms with Crippen LogP contribution in [0.4, 0.5) is 29.1 Å². The Kier molecular flexibility index (Phi) is 8.65. The van der Waals surface area contributed by atoms with Crippen molar-refractivity contribution in [3.05, 3.63) is 76.7 Å². The average molecular weight is 560 g/mol. The van der Waals surface area contributed by atoms with E-state index in [0.717, 1.165) is 62.4 Å². The van der Waals surface area contributed by atoms with Crippen molar-refractivity contribution in [3.63, 3.8) is 0 Å². The molecule has 2 saturated heterocycles. The van der Waals surface area contributed by atoms with Gasteiger partial charge in [-0.1, -0.05) is 30.3 Å². The lowest BCUT2D eigenvalue weighted by Gasteiger charge is -2.36. The molecule has 0 aliphatic carbocycles. The molecule has 216 valence electrons. The van der Waals surface area contributed by atoms with Gasteiger partial charge in [0.25, 0.3) is 0 Å². The Labute approximate surface area is 232 Å². The van der Waals surface area contributed by atoms with Crippen molar-refractivity contribution in [2.75, 3.05) is 29.9 Å². The van der Waals surface area contributed by atoms with Gasteiger partial charge in [0.15, 0.2) is 5.82 Å². The third-order valence-electron chi connectivity index (χ3n) is 7.93. The van der Waals surface area contributed by atoms with Gasteiger partial charge < -0.3 is 20.3 Å². The van der Waals surface area contributed by atoms with Crippen molar-refractivity contribution in [3.8, 4) is 0 Å². The Morgan fingerprint density at radius 1 is 1.05 bits per heavy atom. The van der Waals surface area contributed by atoms with Crippen LogP contribution in [0, 0.1) is 12.7 Å². The summed E-state index contributed by atoms with van der Waals surface area (Å²) < 4.78 is 62.9. The predicted octanol–water partition coefficient (Wildman–Crippen LogP) is 6.98. The van der Waals surface area contributed by atoms with Gasteiger partial charge in [-0.05, 0) is 69.2 Å². The number of nitrogens with zero attached hydrogens (tertiary/aromatic N) is 3. The number of alkyl halides is 3. The first-order chi connectivity index (χ1) is 19.2. The van der Waals surface area contributed by atoms with Crippen LogP contribution in [0.3, 0.4) is 0 Å². The summed E-state index contributed by atoms with van der Waals surface area (Å²) in [6.07, 6.45) is 1.91. The molecule has 2 aromatic carbocycles. The second-order valence-corrected chi connectivity index (χ2v) is 10.8. The summed E-state index contributed by atoms with van der Waals surface area (Å²) in [5, 5.41) is 11.6. The lowest BCUT2D eigenvalue weighted by molar-refractivity contribution is -0.138. The van der Waals surface area contributed by atoms with Gasteiger partial charge in [0.2, 0.25) is 0 Å². The molecule has 3 aromatic rings. The minimum atomic E-state index is -4.43. The van der Waals surface area contributed by atoms with Gasteiger partial charge in [-0.15, -0.1) is 0 Å². The van der Waals surface area contributed by atoms with Gasteiger partial charge in [-0.3, -0.25) is 0 Å². The summed E-state index contributed by atoms with van der Waals surface area (Å²) in [5.74, 6) is 0.352. The largest absolute Gasteiger partial charge is 0.416 e. The van der Waals surface area contributed by atoms with Crippen molar-refractivity contribution < 1.29 is 22.3 Å². The number of nitrogens with one attached hydrogen (secondary N) is 2. The summed E-state index contributed by atoms with van der Waals surface area (Å²) in [7, 11) is 0. The summed E-state index contributed by atoms with van der Waals surface area (Å²) in [6, 6.07) is 10.9. The fraction of sp³-hybridized carbons (Fsp3) is 0.500. The highest BCUT2D eigenvalue weighted by Crippen LogP contribution is 2.34. The molecule has 40 heavy (non-hydrogen) atoms. The van der Waals surface area contributed by atoms with Gasteiger partial charge in [0.05, 0.1) is 11.3 Å². The number of para-hydroxylation sites is 1. The van der Waals surface area contributed by atoms with Crippen molar-refractivity contribution in [2.24, 2.45) is 0 Å². The molecule has 3 heterocycles. The highest BCUT2D eigenvalue weighted by Gasteiger charge is 2.33. The number of halogens is 4. The first kappa shape index (κ1) is 28.4. The summed E-state index contributed by atoms with van der Waals surface area (Å²) >= 11 is 0. The van der Waals surface area contributed by atoms with Crippen LogP contribution in [-0.2, 0) is 17.5 Å². The number of benzene rings is 2. The molecular formula is C30H37F4N5O. The second-order valence-electron chi connectivity index (χ2n) is 10.8. The molecule has 5 rings (SSSR count). The Morgan fingerprint density at radius 2 is 1.82 bits per heavy atom. The average Bonchev–Trinajstić information content (AvgIpc) is 3.37. The topological polar surface area (TPSA) is 54.4 Å². The van der Waals surface area contributed by atoms with Gasteiger partial charge in [-0.25, -0.2) is 9.07 Å². The van der Waals surface area contributed by atoms with Gasteiger partial charge in [0, 0.05) is 50.1 Å². The monoisotopic (exact) mass is 559 g/mol. The van der Waals surface area contributed by atoms with Gasteiger partial charge in [-0.2, -0.15) is 18.3 Å². The first-order valence-corrected chi connectivity index (χ1v) is 14.1. The standard InChI is InChI=1S/C30H37F4N5O/c1-20-8-7-11-26(31)28(20)38-15-13-23(14-16-38)36-21(2)24-19-39(27-12-5-6-17-40-27)37-29(24)35-18-22-9-3-4-10-25(22)30(32,33)34/h3-4,7-11,19,21,23,27,36H,5-6,12-18H2,1-2H3,(H,35,37). The highest BCUT2D eigenvalue weighted by atomic mass is 19.4. The molecule has 10 heteroatoms. The van der Waals surface area contributed by atoms with Crippen molar-refractivity contribution in [1.29, 1.82) is 0 Å². The molecular weight excluding hydrogens is 522 g/mol. The summed E-state index contributed by atoms with van der Waals surface area (Å²) in [5.41, 5.74) is 2.00. The first-order valence-electron chi connectivity index (χ1n) is 14.1. The van der Waals surface area contributed by atoms with E-state index in [4.69, 9.17) is 9.84 Å². The molecule has 0 radical (unpaired) electrons. The Bertz CT molecular complexity index is 1260. The maximum atomic E-state index is 14.5. The molecule has 0 spiro atoms. The van der Waals surface area contributed by atoms with Crippen molar-refractivity contribution in [1.82, 2.24) is 15.1 Å². The van der Waals surface area contributed by atoms with Crippen LogP contribution in [0.15, 0.2) is 48.7 Å². The molecule has 1 aromatic heterocycles. The lowest BCUT2D eigenvalue weighted by atomic mass is 10.0. The quantitative estimate of drug-likeness (QED) is 0.292. The van der Waals surface area contributed by atoms with Crippen molar-refractivity contribution >= 4 is 11.5 Å². The molecule has 0 saturated carbocycles. The lowest BCUT2D eigenvalue weighted by Crippen LogP contribution is -2.43. The zero-order valence-corrected chi connectivity index (χ0v) is 23.0. The van der Waals surface area contributed by atoms with Gasteiger partial charge >= 0.3 is 6.18 Å². The van der Waals surface area contributed by atoms with Crippen LogP contribution in [-0.4, -0.2) is 35.5 Å². The number of aryl methyl sites for hydroxylation is 1. The van der Waals surface area contributed by atoms with E-state index in [-0.39, 0.29) is 36.2 Å². The van der Waals surface area contributed by atoms with Crippen LogP contribution >= 0.6 is 0 Å². The van der Waals surface area contributed by atoms with E-state index in [1.54, 1.807) is 16.8 Å². The molecule has 2 aliphatic rings. The third kappa shape index (κ3) is 6.44. The fourth-order valence-corrected chi connectivity index (χ4v) is 5.81. The molecule has 2 N–H and O–H groups in total.